The molecule has 0 saturated carbocycles. The highest BCUT2D eigenvalue weighted by Crippen LogP contribution is 2.23. The number of benzene rings is 1. The Morgan fingerprint density at radius 2 is 1.83 bits per heavy atom. The Hall–Kier alpha value is -2.08. The number of hydrogen-bond acceptors (Lipinski definition) is 3. The van der Waals surface area contributed by atoms with Gasteiger partial charge in [0.25, 0.3) is 0 Å². The van der Waals surface area contributed by atoms with Crippen LogP contribution in [0.2, 0.25) is 0 Å². The van der Waals surface area contributed by atoms with Gasteiger partial charge in [-0.2, -0.15) is 0 Å². The lowest BCUT2D eigenvalue weighted by Gasteiger charge is -2.04. The first-order valence-electron chi connectivity index (χ1n) is 5.20. The number of nitrogens with one attached hydrogen (secondary N) is 1. The lowest BCUT2D eigenvalue weighted by Crippen LogP contribution is -2.08. The van der Waals surface area contributed by atoms with Gasteiger partial charge in [0.1, 0.15) is 0 Å². The molecule has 0 aliphatic rings. The molecule has 2 rings (SSSR count). The Balaban J connectivity index is 2.49. The predicted octanol–water partition coefficient (Wildman–Crippen LogP) is 1.47. The normalized spacial score (nSPS) is 11.3. The number of carboxylic acid groups (broad SMARTS) is 1. The highest BCUT2D eigenvalue weighted by molar-refractivity contribution is 7.91. The molecule has 0 aliphatic carbocycles. The standard InChI is InChI=1S/C12H11NO4S/c14-12(15)8-10-11(6-7-13-10)18(16,17)9-4-2-1-3-5-9/h1-7,13H,8H2,(H,14,15). The van der Waals surface area contributed by atoms with E-state index in [2.05, 4.69) is 4.98 Å². The van der Waals surface area contributed by atoms with E-state index in [0.717, 1.165) is 0 Å². The van der Waals surface area contributed by atoms with Crippen molar-refractivity contribution in [3.05, 3.63) is 48.3 Å². The number of H-pyrrole nitrogens is 1. The molecule has 0 unspecified atom stereocenters. The van der Waals surface area contributed by atoms with Gasteiger partial charge in [-0.25, -0.2) is 8.42 Å². The third-order valence-electron chi connectivity index (χ3n) is 2.46. The van der Waals surface area contributed by atoms with Gasteiger partial charge in [0, 0.05) is 11.9 Å². The minimum absolute atomic E-state index is 0.0103. The van der Waals surface area contributed by atoms with Gasteiger partial charge < -0.3 is 10.1 Å². The average Bonchev–Trinajstić information content (AvgIpc) is 2.78. The number of aromatic nitrogens is 1. The van der Waals surface area contributed by atoms with E-state index in [4.69, 9.17) is 5.11 Å². The maximum Gasteiger partial charge on any atom is 0.309 e. The molecule has 2 N–H and O–H groups in total. The number of carbonyl (C=O) groups is 1. The van der Waals surface area contributed by atoms with Crippen LogP contribution in [0.4, 0.5) is 0 Å². The Morgan fingerprint density at radius 3 is 2.44 bits per heavy atom. The Kier molecular flexibility index (Phi) is 3.20. The zero-order valence-electron chi connectivity index (χ0n) is 9.33. The highest BCUT2D eigenvalue weighted by Gasteiger charge is 2.22. The molecule has 0 spiro atoms. The number of aromatic amines is 1. The first-order chi connectivity index (χ1) is 8.51. The molecule has 94 valence electrons. The van der Waals surface area contributed by atoms with E-state index in [9.17, 15) is 13.2 Å². The largest absolute Gasteiger partial charge is 0.481 e. The van der Waals surface area contributed by atoms with E-state index in [0.29, 0.717) is 0 Å². The van der Waals surface area contributed by atoms with Gasteiger partial charge in [0.05, 0.1) is 16.2 Å². The number of hydrogen-bond donors (Lipinski definition) is 2. The van der Waals surface area contributed by atoms with Crippen LogP contribution in [0.1, 0.15) is 5.69 Å². The molecule has 0 aliphatic heterocycles. The summed E-state index contributed by atoms with van der Waals surface area (Å²) >= 11 is 0. The minimum atomic E-state index is -3.67. The smallest absolute Gasteiger partial charge is 0.309 e. The molecule has 1 aromatic carbocycles. The molecule has 18 heavy (non-hydrogen) atoms. The summed E-state index contributed by atoms with van der Waals surface area (Å²) in [6.07, 6.45) is 1.07. The van der Waals surface area contributed by atoms with Crippen LogP contribution in [0.5, 0.6) is 0 Å². The number of sulfone groups is 1. The van der Waals surface area contributed by atoms with E-state index >= 15 is 0 Å². The summed E-state index contributed by atoms with van der Waals surface area (Å²) < 4.78 is 24.6. The number of carboxylic acids is 1. The van der Waals surface area contributed by atoms with E-state index < -0.39 is 15.8 Å². The zero-order chi connectivity index (χ0) is 13.2. The Bertz CT molecular complexity index is 658. The molecular weight excluding hydrogens is 254 g/mol. The molecule has 0 radical (unpaired) electrons. The van der Waals surface area contributed by atoms with Gasteiger partial charge in [0.15, 0.2) is 0 Å². The van der Waals surface area contributed by atoms with Crippen LogP contribution in [0.3, 0.4) is 0 Å². The molecule has 0 atom stereocenters. The summed E-state index contributed by atoms with van der Waals surface area (Å²) in [5.41, 5.74) is 0.186. The van der Waals surface area contributed by atoms with Gasteiger partial charge in [-0.05, 0) is 18.2 Å². The van der Waals surface area contributed by atoms with Crippen molar-refractivity contribution < 1.29 is 18.3 Å². The van der Waals surface area contributed by atoms with Gasteiger partial charge in [-0.1, -0.05) is 18.2 Å². The molecule has 5 nitrogen and oxygen atoms in total. The van der Waals surface area contributed by atoms with Crippen molar-refractivity contribution in [3.63, 3.8) is 0 Å². The summed E-state index contributed by atoms with van der Waals surface area (Å²) in [5, 5.41) is 8.73. The van der Waals surface area contributed by atoms with E-state index in [-0.39, 0.29) is 21.9 Å². The maximum atomic E-state index is 12.3. The van der Waals surface area contributed by atoms with Gasteiger partial charge in [-0.3, -0.25) is 4.79 Å². The molecule has 6 heteroatoms. The lowest BCUT2D eigenvalue weighted by molar-refractivity contribution is -0.136. The second-order valence-electron chi connectivity index (χ2n) is 3.71. The summed E-state index contributed by atoms with van der Waals surface area (Å²) in [5.74, 6) is -1.08. The molecule has 0 amide bonds. The van der Waals surface area contributed by atoms with Crippen molar-refractivity contribution in [1.82, 2.24) is 4.98 Å². The monoisotopic (exact) mass is 265 g/mol. The number of aliphatic carboxylic acids is 1. The zero-order valence-corrected chi connectivity index (χ0v) is 10.1. The van der Waals surface area contributed by atoms with Crippen LogP contribution in [0.15, 0.2) is 52.4 Å². The SMILES string of the molecule is O=C(O)Cc1[nH]ccc1S(=O)(=O)c1ccccc1. The van der Waals surface area contributed by atoms with Crippen molar-refractivity contribution in [1.29, 1.82) is 0 Å². The van der Waals surface area contributed by atoms with E-state index in [1.807, 2.05) is 0 Å². The van der Waals surface area contributed by atoms with Crippen LogP contribution in [-0.4, -0.2) is 24.5 Å². The van der Waals surface area contributed by atoms with Crippen LogP contribution < -0.4 is 0 Å². The fourth-order valence-corrected chi connectivity index (χ4v) is 3.13. The first kappa shape index (κ1) is 12.4. The van der Waals surface area contributed by atoms with Gasteiger partial charge in [-0.15, -0.1) is 0 Å². The fourth-order valence-electron chi connectivity index (χ4n) is 1.66. The molecular formula is C12H11NO4S. The van der Waals surface area contributed by atoms with E-state index in [1.54, 1.807) is 18.2 Å². The Labute approximate surface area is 104 Å². The summed E-state index contributed by atoms with van der Waals surface area (Å²) in [6.45, 7) is 0. The predicted molar refractivity (Wildman–Crippen MR) is 64.0 cm³/mol. The second-order valence-corrected chi connectivity index (χ2v) is 5.63. The molecule has 0 bridgehead atoms. The van der Waals surface area contributed by atoms with E-state index in [1.165, 1.54) is 24.4 Å². The molecule has 1 heterocycles. The van der Waals surface area contributed by atoms with Crippen molar-refractivity contribution in [2.75, 3.05) is 0 Å². The van der Waals surface area contributed by atoms with Crippen LogP contribution >= 0.6 is 0 Å². The summed E-state index contributed by atoms with van der Waals surface area (Å²) in [4.78, 5) is 13.5. The average molecular weight is 265 g/mol. The van der Waals surface area contributed by atoms with Gasteiger partial charge >= 0.3 is 5.97 Å². The fraction of sp³-hybridized carbons (Fsp3) is 0.0833. The third kappa shape index (κ3) is 2.28. The highest BCUT2D eigenvalue weighted by atomic mass is 32.2. The minimum Gasteiger partial charge on any atom is -0.481 e. The number of rotatable bonds is 4. The van der Waals surface area contributed by atoms with Crippen LogP contribution in [-0.2, 0) is 21.1 Å². The summed E-state index contributed by atoms with van der Waals surface area (Å²) in [6, 6.07) is 9.29. The Morgan fingerprint density at radius 1 is 1.17 bits per heavy atom. The van der Waals surface area contributed by atoms with Crippen molar-refractivity contribution in [2.45, 2.75) is 16.2 Å². The summed E-state index contributed by atoms with van der Waals surface area (Å²) in [7, 11) is -3.67. The third-order valence-corrected chi connectivity index (χ3v) is 4.32. The maximum absolute atomic E-state index is 12.3. The molecule has 0 fully saturated rings. The molecule has 0 saturated heterocycles. The van der Waals surface area contributed by atoms with Crippen LogP contribution in [0, 0.1) is 0 Å². The second kappa shape index (κ2) is 4.66. The van der Waals surface area contributed by atoms with Crippen LogP contribution in [0.25, 0.3) is 0 Å². The molecule has 2 aromatic rings. The first-order valence-corrected chi connectivity index (χ1v) is 6.68. The van der Waals surface area contributed by atoms with Crippen molar-refractivity contribution in [2.24, 2.45) is 0 Å². The quantitative estimate of drug-likeness (QED) is 0.876. The van der Waals surface area contributed by atoms with Gasteiger partial charge in [0.2, 0.25) is 9.84 Å². The van der Waals surface area contributed by atoms with Crippen molar-refractivity contribution in [3.8, 4) is 0 Å². The van der Waals surface area contributed by atoms with Crippen molar-refractivity contribution >= 4 is 15.8 Å². The topological polar surface area (TPSA) is 87.2 Å². The molecule has 1 aromatic heterocycles. The lowest BCUT2D eigenvalue weighted by atomic mass is 10.3.